The number of pyridine rings is 1. The average molecular weight is 432 g/mol. The number of aromatic nitrogens is 3. The molecule has 0 radical (unpaired) electrons. The molecule has 4 rings (SSSR count). The Hall–Kier alpha value is -3.48. The first-order valence-corrected chi connectivity index (χ1v) is 11.1. The smallest absolute Gasteiger partial charge is 0.272 e. The number of amides is 2. The summed E-state index contributed by atoms with van der Waals surface area (Å²) in [6, 6.07) is 14.0. The molecule has 166 valence electrons. The van der Waals surface area contributed by atoms with Gasteiger partial charge in [-0.25, -0.2) is 0 Å². The Balaban J connectivity index is 1.54. The van der Waals surface area contributed by atoms with Gasteiger partial charge in [-0.05, 0) is 47.7 Å². The Morgan fingerprint density at radius 3 is 2.38 bits per heavy atom. The second-order valence-corrected chi connectivity index (χ2v) is 8.25. The molecule has 2 amide bonds. The number of aryl methyl sites for hydroxylation is 1. The van der Waals surface area contributed by atoms with Gasteiger partial charge >= 0.3 is 0 Å². The molecular formula is C25H29N5O2. The van der Waals surface area contributed by atoms with Crippen LogP contribution in [0.25, 0.3) is 11.1 Å². The Morgan fingerprint density at radius 1 is 1.00 bits per heavy atom. The summed E-state index contributed by atoms with van der Waals surface area (Å²) in [6.07, 6.45) is 6.69. The molecule has 0 spiro atoms. The zero-order chi connectivity index (χ0) is 22.5. The van der Waals surface area contributed by atoms with Crippen LogP contribution >= 0.6 is 0 Å². The van der Waals surface area contributed by atoms with Crippen LogP contribution in [0.3, 0.4) is 0 Å². The first-order valence-electron chi connectivity index (χ1n) is 11.1. The second kappa shape index (κ2) is 9.77. The van der Waals surface area contributed by atoms with E-state index in [0.29, 0.717) is 38.3 Å². The third kappa shape index (κ3) is 4.72. The van der Waals surface area contributed by atoms with Crippen LogP contribution in [-0.2, 0) is 18.3 Å². The lowest BCUT2D eigenvalue weighted by molar-refractivity contribution is -0.134. The molecule has 1 aromatic carbocycles. The van der Waals surface area contributed by atoms with Crippen LogP contribution in [-0.4, -0.2) is 62.6 Å². The predicted octanol–water partition coefficient (Wildman–Crippen LogP) is 3.04. The van der Waals surface area contributed by atoms with E-state index in [1.807, 2.05) is 17.0 Å². The summed E-state index contributed by atoms with van der Waals surface area (Å²) in [5.74, 6) is -0.215. The van der Waals surface area contributed by atoms with Gasteiger partial charge in [0.2, 0.25) is 5.91 Å². The third-order valence-electron chi connectivity index (χ3n) is 6.01. The molecule has 0 N–H and O–H groups in total. The van der Waals surface area contributed by atoms with Crippen LogP contribution in [0.5, 0.6) is 0 Å². The topological polar surface area (TPSA) is 71.3 Å². The number of carbonyl (C=O) groups is 2. The molecule has 3 heterocycles. The molecule has 1 atom stereocenters. The molecule has 0 saturated carbocycles. The molecular weight excluding hydrogens is 402 g/mol. The highest BCUT2D eigenvalue weighted by atomic mass is 16.2. The van der Waals surface area contributed by atoms with E-state index in [0.717, 1.165) is 23.1 Å². The molecule has 1 saturated heterocycles. The Bertz CT molecular complexity index is 1060. The summed E-state index contributed by atoms with van der Waals surface area (Å²) in [4.78, 5) is 34.2. The fourth-order valence-corrected chi connectivity index (χ4v) is 4.28. The van der Waals surface area contributed by atoms with Gasteiger partial charge in [-0.15, -0.1) is 0 Å². The van der Waals surface area contributed by atoms with Crippen LogP contribution in [0.2, 0.25) is 0 Å². The maximum absolute atomic E-state index is 13.3. The number of benzene rings is 1. The minimum Gasteiger partial charge on any atom is -0.341 e. The van der Waals surface area contributed by atoms with E-state index in [1.54, 1.807) is 41.3 Å². The minimum atomic E-state index is -0.270. The highest BCUT2D eigenvalue weighted by Gasteiger charge is 2.33. The Morgan fingerprint density at radius 2 is 1.72 bits per heavy atom. The van der Waals surface area contributed by atoms with E-state index in [2.05, 4.69) is 41.3 Å². The lowest BCUT2D eigenvalue weighted by Crippen LogP contribution is -2.38. The van der Waals surface area contributed by atoms with E-state index < -0.39 is 0 Å². The number of nitrogens with zero attached hydrogens (tertiary/aromatic N) is 5. The van der Waals surface area contributed by atoms with Crippen molar-refractivity contribution in [3.63, 3.8) is 0 Å². The highest BCUT2D eigenvalue weighted by molar-refractivity contribution is 5.93. The van der Waals surface area contributed by atoms with Crippen molar-refractivity contribution in [1.29, 1.82) is 0 Å². The molecule has 1 aliphatic heterocycles. The molecule has 7 heteroatoms. The summed E-state index contributed by atoms with van der Waals surface area (Å²) in [5, 5.41) is 4.12. The van der Waals surface area contributed by atoms with Gasteiger partial charge in [0.05, 0.1) is 5.92 Å². The summed E-state index contributed by atoms with van der Waals surface area (Å²) < 4.78 is 1.59. The number of carbonyl (C=O) groups excluding carboxylic acids is 2. The van der Waals surface area contributed by atoms with Crippen molar-refractivity contribution in [1.82, 2.24) is 24.6 Å². The van der Waals surface area contributed by atoms with Gasteiger partial charge in [-0.1, -0.05) is 31.2 Å². The van der Waals surface area contributed by atoms with Gasteiger partial charge in [0.25, 0.3) is 5.91 Å². The van der Waals surface area contributed by atoms with Crippen molar-refractivity contribution in [3.8, 4) is 11.1 Å². The van der Waals surface area contributed by atoms with Gasteiger partial charge in [0.15, 0.2) is 0 Å². The van der Waals surface area contributed by atoms with Crippen molar-refractivity contribution >= 4 is 11.8 Å². The third-order valence-corrected chi connectivity index (χ3v) is 6.01. The number of hydrogen-bond donors (Lipinski definition) is 0. The summed E-state index contributed by atoms with van der Waals surface area (Å²) in [6.45, 7) is 4.30. The monoisotopic (exact) mass is 431 g/mol. The average Bonchev–Trinajstić information content (AvgIpc) is 3.19. The van der Waals surface area contributed by atoms with Crippen LogP contribution in [0.1, 0.15) is 29.4 Å². The summed E-state index contributed by atoms with van der Waals surface area (Å²) >= 11 is 0. The maximum atomic E-state index is 13.3. The fourth-order valence-electron chi connectivity index (χ4n) is 4.28. The summed E-state index contributed by atoms with van der Waals surface area (Å²) in [5.41, 5.74) is 3.86. The van der Waals surface area contributed by atoms with E-state index in [-0.39, 0.29) is 17.7 Å². The Labute approximate surface area is 188 Å². The van der Waals surface area contributed by atoms with Gasteiger partial charge < -0.3 is 9.80 Å². The fraction of sp³-hybridized carbons (Fsp3) is 0.360. The predicted molar refractivity (Wildman–Crippen MR) is 123 cm³/mol. The van der Waals surface area contributed by atoms with Crippen LogP contribution in [0.15, 0.2) is 61.1 Å². The first-order chi connectivity index (χ1) is 15.6. The van der Waals surface area contributed by atoms with Gasteiger partial charge in [0, 0.05) is 51.8 Å². The highest BCUT2D eigenvalue weighted by Crippen LogP contribution is 2.22. The van der Waals surface area contributed by atoms with E-state index in [1.165, 1.54) is 0 Å². The van der Waals surface area contributed by atoms with Gasteiger partial charge in [-0.2, -0.15) is 5.10 Å². The van der Waals surface area contributed by atoms with Crippen molar-refractivity contribution < 1.29 is 9.59 Å². The molecule has 1 aliphatic rings. The van der Waals surface area contributed by atoms with Gasteiger partial charge in [-0.3, -0.25) is 19.3 Å². The summed E-state index contributed by atoms with van der Waals surface area (Å²) in [7, 11) is 1.77. The lowest BCUT2D eigenvalue weighted by atomic mass is 9.95. The van der Waals surface area contributed by atoms with E-state index >= 15 is 0 Å². The van der Waals surface area contributed by atoms with Crippen molar-refractivity contribution in [2.45, 2.75) is 19.8 Å². The molecule has 0 aliphatic carbocycles. The van der Waals surface area contributed by atoms with Crippen LogP contribution in [0, 0.1) is 5.92 Å². The normalized spacial score (nSPS) is 16.8. The largest absolute Gasteiger partial charge is 0.341 e. The van der Waals surface area contributed by atoms with Gasteiger partial charge in [0.1, 0.15) is 5.69 Å². The van der Waals surface area contributed by atoms with Crippen molar-refractivity contribution in [2.75, 3.05) is 26.2 Å². The standard InChI is InChI=1S/C25H29N5O2/c1-3-14-29-15-16-30(25(32)23-10-13-27-28(23)2)18-22(24(29)31)17-19-4-6-20(7-5-19)21-8-11-26-12-9-21/h4-13,22H,3,14-18H2,1-2H3/t22-/m1/s1. The molecule has 1 fully saturated rings. The number of hydrogen-bond acceptors (Lipinski definition) is 4. The van der Waals surface area contributed by atoms with Crippen LogP contribution < -0.4 is 0 Å². The zero-order valence-electron chi connectivity index (χ0n) is 18.6. The Kier molecular flexibility index (Phi) is 6.63. The quantitative estimate of drug-likeness (QED) is 0.602. The van der Waals surface area contributed by atoms with Crippen molar-refractivity contribution in [3.05, 3.63) is 72.3 Å². The maximum Gasteiger partial charge on any atom is 0.272 e. The van der Waals surface area contributed by atoms with E-state index in [9.17, 15) is 9.59 Å². The molecule has 0 unspecified atom stereocenters. The molecule has 2 aromatic heterocycles. The molecule has 32 heavy (non-hydrogen) atoms. The van der Waals surface area contributed by atoms with Crippen molar-refractivity contribution in [2.24, 2.45) is 13.0 Å². The molecule has 0 bridgehead atoms. The molecule has 7 nitrogen and oxygen atoms in total. The molecule has 3 aromatic rings. The zero-order valence-corrected chi connectivity index (χ0v) is 18.6. The lowest BCUT2D eigenvalue weighted by Gasteiger charge is -2.24. The SMILES string of the molecule is CCCN1CCN(C(=O)c2ccnn2C)C[C@@H](Cc2ccc(-c3ccncc3)cc2)C1=O. The second-order valence-electron chi connectivity index (χ2n) is 8.25. The minimum absolute atomic E-state index is 0.0748. The van der Waals surface area contributed by atoms with E-state index in [4.69, 9.17) is 0 Å². The van der Waals surface area contributed by atoms with Crippen LogP contribution in [0.4, 0.5) is 0 Å². The number of rotatable bonds is 6. The first kappa shape index (κ1) is 21.7.